The standard InChI is InChI=1S/C16H15BrF3N/c1-2-21-15(12-5-9-14(17)10-6-12)11-3-7-13(8-4-11)16(18,19)20/h3-10,15,21H,2H2,1H3. The molecule has 0 radical (unpaired) electrons. The lowest BCUT2D eigenvalue weighted by atomic mass is 9.97. The molecule has 2 aromatic carbocycles. The van der Waals surface area contributed by atoms with Crippen LogP contribution in [0, 0.1) is 0 Å². The van der Waals surface area contributed by atoms with Gasteiger partial charge in [0, 0.05) is 4.47 Å². The highest BCUT2D eigenvalue weighted by atomic mass is 79.9. The van der Waals surface area contributed by atoms with Crippen molar-refractivity contribution in [3.05, 3.63) is 69.7 Å². The van der Waals surface area contributed by atoms with Crippen molar-refractivity contribution in [2.75, 3.05) is 6.54 Å². The zero-order valence-electron chi connectivity index (χ0n) is 11.4. The molecule has 1 unspecified atom stereocenters. The third kappa shape index (κ3) is 4.08. The zero-order valence-corrected chi connectivity index (χ0v) is 13.0. The van der Waals surface area contributed by atoms with Gasteiger partial charge in [-0.25, -0.2) is 0 Å². The maximum Gasteiger partial charge on any atom is 0.416 e. The Balaban J connectivity index is 2.32. The Hall–Kier alpha value is -1.33. The topological polar surface area (TPSA) is 12.0 Å². The molecule has 0 amide bonds. The van der Waals surface area contributed by atoms with Crippen molar-refractivity contribution in [3.8, 4) is 0 Å². The van der Waals surface area contributed by atoms with Crippen LogP contribution in [-0.2, 0) is 6.18 Å². The van der Waals surface area contributed by atoms with E-state index < -0.39 is 11.7 Å². The van der Waals surface area contributed by atoms with Crippen molar-refractivity contribution in [1.82, 2.24) is 5.32 Å². The number of alkyl halides is 3. The first kappa shape index (κ1) is 16.0. The van der Waals surface area contributed by atoms with Crippen LogP contribution < -0.4 is 5.32 Å². The average Bonchev–Trinajstić information content (AvgIpc) is 2.45. The van der Waals surface area contributed by atoms with Crippen LogP contribution in [-0.4, -0.2) is 6.54 Å². The second kappa shape index (κ2) is 6.62. The van der Waals surface area contributed by atoms with Gasteiger partial charge in [0.25, 0.3) is 0 Å². The van der Waals surface area contributed by atoms with Crippen LogP contribution >= 0.6 is 15.9 Å². The molecule has 2 rings (SSSR count). The summed E-state index contributed by atoms with van der Waals surface area (Å²) in [6.45, 7) is 2.69. The molecule has 1 N–H and O–H groups in total. The highest BCUT2D eigenvalue weighted by Gasteiger charge is 2.30. The quantitative estimate of drug-likeness (QED) is 0.796. The summed E-state index contributed by atoms with van der Waals surface area (Å²) in [6.07, 6.45) is -4.30. The molecule has 0 aromatic heterocycles. The number of halogens is 4. The molecule has 0 fully saturated rings. The van der Waals surface area contributed by atoms with E-state index in [-0.39, 0.29) is 6.04 Å². The van der Waals surface area contributed by atoms with Crippen LogP contribution in [0.1, 0.15) is 29.7 Å². The molecule has 112 valence electrons. The van der Waals surface area contributed by atoms with E-state index >= 15 is 0 Å². The summed E-state index contributed by atoms with van der Waals surface area (Å²) in [7, 11) is 0. The Morgan fingerprint density at radius 3 is 1.86 bits per heavy atom. The molecule has 5 heteroatoms. The van der Waals surface area contributed by atoms with Gasteiger partial charge in [0.15, 0.2) is 0 Å². The molecule has 0 aliphatic heterocycles. The Kier molecular flexibility index (Phi) is 5.06. The molecule has 21 heavy (non-hydrogen) atoms. The predicted octanol–water partition coefficient (Wildman–Crippen LogP) is 5.17. The van der Waals surface area contributed by atoms with E-state index in [2.05, 4.69) is 21.2 Å². The maximum absolute atomic E-state index is 12.6. The van der Waals surface area contributed by atoms with Gasteiger partial charge < -0.3 is 5.32 Å². The van der Waals surface area contributed by atoms with Crippen molar-refractivity contribution in [2.24, 2.45) is 0 Å². The lowest BCUT2D eigenvalue weighted by Crippen LogP contribution is -2.22. The molecule has 0 spiro atoms. The number of benzene rings is 2. The average molecular weight is 358 g/mol. The number of hydrogen-bond donors (Lipinski definition) is 1. The fraction of sp³-hybridized carbons (Fsp3) is 0.250. The van der Waals surface area contributed by atoms with Crippen molar-refractivity contribution >= 4 is 15.9 Å². The van der Waals surface area contributed by atoms with Gasteiger partial charge in [-0.3, -0.25) is 0 Å². The minimum atomic E-state index is -4.30. The van der Waals surface area contributed by atoms with Crippen LogP contribution in [0.2, 0.25) is 0 Å². The fourth-order valence-electron chi connectivity index (χ4n) is 2.15. The first-order chi connectivity index (χ1) is 9.91. The third-order valence-corrected chi connectivity index (χ3v) is 3.71. The van der Waals surface area contributed by atoms with Crippen LogP contribution in [0.5, 0.6) is 0 Å². The summed E-state index contributed by atoms with van der Waals surface area (Å²) in [5.41, 5.74) is 1.20. The molecule has 0 heterocycles. The fourth-order valence-corrected chi connectivity index (χ4v) is 2.42. The summed E-state index contributed by atoms with van der Waals surface area (Å²) >= 11 is 3.38. The summed E-state index contributed by atoms with van der Waals surface area (Å²) in [5.74, 6) is 0. The van der Waals surface area contributed by atoms with E-state index in [1.807, 2.05) is 31.2 Å². The van der Waals surface area contributed by atoms with E-state index in [0.29, 0.717) is 0 Å². The van der Waals surface area contributed by atoms with Gasteiger partial charge in [0.1, 0.15) is 0 Å². The van der Waals surface area contributed by atoms with Crippen LogP contribution in [0.15, 0.2) is 53.0 Å². The van der Waals surface area contributed by atoms with Gasteiger partial charge in [0.05, 0.1) is 11.6 Å². The van der Waals surface area contributed by atoms with Crippen LogP contribution in [0.25, 0.3) is 0 Å². The molecule has 1 nitrogen and oxygen atoms in total. The summed E-state index contributed by atoms with van der Waals surface area (Å²) < 4.78 is 38.8. The summed E-state index contributed by atoms with van der Waals surface area (Å²) in [6, 6.07) is 12.9. The van der Waals surface area contributed by atoms with Gasteiger partial charge in [0.2, 0.25) is 0 Å². The van der Waals surface area contributed by atoms with Gasteiger partial charge in [-0.05, 0) is 41.9 Å². The largest absolute Gasteiger partial charge is 0.416 e. The first-order valence-corrected chi connectivity index (χ1v) is 7.37. The number of rotatable bonds is 4. The van der Waals surface area contributed by atoms with E-state index in [9.17, 15) is 13.2 Å². The minimum Gasteiger partial charge on any atom is -0.307 e. The Labute approximate surface area is 130 Å². The van der Waals surface area contributed by atoms with Gasteiger partial charge in [-0.2, -0.15) is 13.2 Å². The van der Waals surface area contributed by atoms with Crippen LogP contribution in [0.4, 0.5) is 13.2 Å². The van der Waals surface area contributed by atoms with E-state index in [1.165, 1.54) is 12.1 Å². The highest BCUT2D eigenvalue weighted by Crippen LogP contribution is 2.31. The first-order valence-electron chi connectivity index (χ1n) is 6.58. The molecular formula is C16H15BrF3N. The molecule has 1 atom stereocenters. The normalized spacial score (nSPS) is 13.2. The molecule has 0 bridgehead atoms. The van der Waals surface area contributed by atoms with Crippen molar-refractivity contribution in [3.63, 3.8) is 0 Å². The van der Waals surface area contributed by atoms with Crippen LogP contribution in [0.3, 0.4) is 0 Å². The second-order valence-corrected chi connectivity index (χ2v) is 5.58. The molecule has 0 aliphatic rings. The summed E-state index contributed by atoms with van der Waals surface area (Å²) in [5, 5.41) is 3.30. The molecular weight excluding hydrogens is 343 g/mol. The number of nitrogens with one attached hydrogen (secondary N) is 1. The van der Waals surface area contributed by atoms with E-state index in [0.717, 1.165) is 34.3 Å². The van der Waals surface area contributed by atoms with E-state index in [4.69, 9.17) is 0 Å². The Bertz CT molecular complexity index is 576. The van der Waals surface area contributed by atoms with Gasteiger partial charge in [-0.1, -0.05) is 47.1 Å². The molecule has 2 aromatic rings. The smallest absolute Gasteiger partial charge is 0.307 e. The molecule has 0 saturated carbocycles. The monoisotopic (exact) mass is 357 g/mol. The second-order valence-electron chi connectivity index (χ2n) is 4.66. The van der Waals surface area contributed by atoms with Crippen molar-refractivity contribution < 1.29 is 13.2 Å². The predicted molar refractivity (Wildman–Crippen MR) is 81.1 cm³/mol. The Morgan fingerprint density at radius 2 is 1.43 bits per heavy atom. The van der Waals surface area contributed by atoms with Crippen molar-refractivity contribution in [1.29, 1.82) is 0 Å². The maximum atomic E-state index is 12.6. The molecule has 0 saturated heterocycles. The third-order valence-electron chi connectivity index (χ3n) is 3.18. The van der Waals surface area contributed by atoms with Gasteiger partial charge >= 0.3 is 6.18 Å². The molecule has 0 aliphatic carbocycles. The Morgan fingerprint density at radius 1 is 0.952 bits per heavy atom. The SMILES string of the molecule is CCNC(c1ccc(Br)cc1)c1ccc(C(F)(F)F)cc1. The lowest BCUT2D eigenvalue weighted by molar-refractivity contribution is -0.137. The van der Waals surface area contributed by atoms with E-state index in [1.54, 1.807) is 0 Å². The number of hydrogen-bond acceptors (Lipinski definition) is 1. The summed E-state index contributed by atoms with van der Waals surface area (Å²) in [4.78, 5) is 0. The van der Waals surface area contributed by atoms with Crippen molar-refractivity contribution in [2.45, 2.75) is 19.1 Å². The lowest BCUT2D eigenvalue weighted by Gasteiger charge is -2.19. The van der Waals surface area contributed by atoms with Gasteiger partial charge in [-0.15, -0.1) is 0 Å². The highest BCUT2D eigenvalue weighted by molar-refractivity contribution is 9.10. The zero-order chi connectivity index (χ0) is 15.5. The minimum absolute atomic E-state index is 0.120.